The highest BCUT2D eigenvalue weighted by atomic mass is 16.5. The molecule has 0 spiro atoms. The van der Waals surface area contributed by atoms with Crippen LogP contribution in [0.2, 0.25) is 0 Å². The first-order valence-corrected chi connectivity index (χ1v) is 11.3. The number of carbonyl (C=O) groups excluding carboxylic acids is 2. The number of aromatic nitrogens is 1. The van der Waals surface area contributed by atoms with Gasteiger partial charge in [-0.2, -0.15) is 0 Å². The van der Waals surface area contributed by atoms with E-state index in [-0.39, 0.29) is 24.3 Å². The number of carbonyl (C=O) groups is 2. The van der Waals surface area contributed by atoms with Crippen molar-refractivity contribution in [2.75, 3.05) is 13.3 Å². The molecule has 3 aromatic rings. The van der Waals surface area contributed by atoms with Crippen LogP contribution in [0.25, 0.3) is 10.9 Å². The van der Waals surface area contributed by atoms with Crippen molar-refractivity contribution in [1.82, 2.24) is 15.2 Å². The summed E-state index contributed by atoms with van der Waals surface area (Å²) in [5.41, 5.74) is 3.52. The standard InChI is InChI=1S/C26H29N3O4/c1-18-14-20(23-7-2-3-8-24(23)28-18)16-33-22-11-9-19(10-12-22)26(32)29-13-5-4-6-21(29)15-25(31)27-17-30/h2-3,7-12,14,21,30H,4-6,13,15-17H2,1H3,(H,27,31). The zero-order chi connectivity index (χ0) is 23.2. The molecule has 7 nitrogen and oxygen atoms in total. The molecule has 1 unspecified atom stereocenters. The zero-order valence-corrected chi connectivity index (χ0v) is 18.8. The molecule has 172 valence electrons. The number of nitrogens with zero attached hydrogens (tertiary/aromatic N) is 2. The summed E-state index contributed by atoms with van der Waals surface area (Å²) in [7, 11) is 0. The topological polar surface area (TPSA) is 91.8 Å². The van der Waals surface area contributed by atoms with Gasteiger partial charge in [-0.3, -0.25) is 14.6 Å². The molecule has 2 amide bonds. The van der Waals surface area contributed by atoms with Gasteiger partial charge >= 0.3 is 0 Å². The number of pyridine rings is 1. The predicted molar refractivity (Wildman–Crippen MR) is 126 cm³/mol. The maximum Gasteiger partial charge on any atom is 0.254 e. The minimum atomic E-state index is -0.393. The summed E-state index contributed by atoms with van der Waals surface area (Å²) in [6.07, 6.45) is 2.89. The number of amides is 2. The number of nitrogens with one attached hydrogen (secondary N) is 1. The third kappa shape index (κ3) is 5.49. The molecule has 2 N–H and O–H groups in total. The van der Waals surface area contributed by atoms with Gasteiger partial charge in [-0.15, -0.1) is 0 Å². The summed E-state index contributed by atoms with van der Waals surface area (Å²) in [4.78, 5) is 31.4. The van der Waals surface area contributed by atoms with E-state index in [1.807, 2.05) is 37.3 Å². The molecule has 1 fully saturated rings. The number of hydrogen-bond donors (Lipinski definition) is 2. The zero-order valence-electron chi connectivity index (χ0n) is 18.8. The molecule has 0 aliphatic carbocycles. The van der Waals surface area contributed by atoms with Gasteiger partial charge in [-0.1, -0.05) is 18.2 Å². The van der Waals surface area contributed by atoms with Crippen molar-refractivity contribution in [3.05, 3.63) is 71.4 Å². The molecule has 1 aromatic heterocycles. The molecule has 0 radical (unpaired) electrons. The molecule has 1 aliphatic rings. The fourth-order valence-electron chi connectivity index (χ4n) is 4.39. The first-order valence-electron chi connectivity index (χ1n) is 11.3. The molecule has 33 heavy (non-hydrogen) atoms. The van der Waals surface area contributed by atoms with Crippen LogP contribution in [0.5, 0.6) is 5.75 Å². The SMILES string of the molecule is Cc1cc(COc2ccc(C(=O)N3CCCCC3CC(=O)NCO)cc2)c2ccccc2n1. The van der Waals surface area contributed by atoms with Crippen LogP contribution >= 0.6 is 0 Å². The molecular weight excluding hydrogens is 418 g/mol. The fourth-order valence-corrected chi connectivity index (χ4v) is 4.39. The number of aliphatic hydroxyl groups excluding tert-OH is 1. The van der Waals surface area contributed by atoms with Crippen LogP contribution in [0, 0.1) is 6.92 Å². The summed E-state index contributed by atoms with van der Waals surface area (Å²) in [6, 6.07) is 17.0. The maximum absolute atomic E-state index is 13.1. The molecule has 2 heterocycles. The number of ether oxygens (including phenoxy) is 1. The van der Waals surface area contributed by atoms with Gasteiger partial charge in [0.1, 0.15) is 19.1 Å². The van der Waals surface area contributed by atoms with Crippen LogP contribution in [0.1, 0.15) is 47.3 Å². The monoisotopic (exact) mass is 447 g/mol. The number of aliphatic hydroxyl groups is 1. The minimum Gasteiger partial charge on any atom is -0.489 e. The number of aryl methyl sites for hydroxylation is 1. The molecule has 1 atom stereocenters. The summed E-state index contributed by atoms with van der Waals surface area (Å²) in [5, 5.41) is 12.4. The van der Waals surface area contributed by atoms with Crippen LogP contribution < -0.4 is 10.1 Å². The third-order valence-electron chi connectivity index (χ3n) is 6.01. The molecule has 0 saturated carbocycles. The van der Waals surface area contributed by atoms with E-state index in [2.05, 4.69) is 10.3 Å². The van der Waals surface area contributed by atoms with E-state index in [0.717, 1.165) is 41.4 Å². The number of rotatable bonds is 7. The van der Waals surface area contributed by atoms with Gasteiger partial charge in [-0.05, 0) is 62.6 Å². The lowest BCUT2D eigenvalue weighted by Gasteiger charge is -2.35. The summed E-state index contributed by atoms with van der Waals surface area (Å²) >= 11 is 0. The number of hydrogen-bond acceptors (Lipinski definition) is 5. The Morgan fingerprint density at radius 3 is 2.73 bits per heavy atom. The van der Waals surface area contributed by atoms with E-state index in [4.69, 9.17) is 9.84 Å². The van der Waals surface area contributed by atoms with Crippen molar-refractivity contribution in [3.8, 4) is 5.75 Å². The first-order chi connectivity index (χ1) is 16.0. The van der Waals surface area contributed by atoms with Crippen LogP contribution in [-0.2, 0) is 11.4 Å². The van der Waals surface area contributed by atoms with Crippen molar-refractivity contribution in [2.24, 2.45) is 0 Å². The van der Waals surface area contributed by atoms with E-state index < -0.39 is 6.73 Å². The Labute approximate surface area is 193 Å². The van der Waals surface area contributed by atoms with Gasteiger partial charge in [0.25, 0.3) is 5.91 Å². The lowest BCUT2D eigenvalue weighted by molar-refractivity contribution is -0.123. The Kier molecular flexibility index (Phi) is 7.19. The Morgan fingerprint density at radius 1 is 1.15 bits per heavy atom. The van der Waals surface area contributed by atoms with Gasteiger partial charge in [0.15, 0.2) is 0 Å². The van der Waals surface area contributed by atoms with E-state index in [1.165, 1.54) is 0 Å². The highest BCUT2D eigenvalue weighted by Crippen LogP contribution is 2.24. The Bertz CT molecular complexity index is 1130. The predicted octanol–water partition coefficient (Wildman–Crippen LogP) is 3.57. The van der Waals surface area contributed by atoms with Crippen molar-refractivity contribution in [3.63, 3.8) is 0 Å². The van der Waals surface area contributed by atoms with E-state index in [0.29, 0.717) is 24.5 Å². The minimum absolute atomic E-state index is 0.0844. The van der Waals surface area contributed by atoms with E-state index in [1.54, 1.807) is 29.2 Å². The van der Waals surface area contributed by atoms with E-state index in [9.17, 15) is 9.59 Å². The van der Waals surface area contributed by atoms with Gasteiger partial charge < -0.3 is 20.1 Å². The normalized spacial score (nSPS) is 15.9. The average molecular weight is 448 g/mol. The first kappa shape index (κ1) is 22.7. The molecule has 7 heteroatoms. The average Bonchev–Trinajstić information content (AvgIpc) is 2.83. The van der Waals surface area contributed by atoms with Gasteiger partial charge in [0.05, 0.1) is 5.52 Å². The smallest absolute Gasteiger partial charge is 0.254 e. The molecule has 4 rings (SSSR count). The van der Waals surface area contributed by atoms with Crippen LogP contribution in [0.15, 0.2) is 54.6 Å². The van der Waals surface area contributed by atoms with E-state index >= 15 is 0 Å². The maximum atomic E-state index is 13.1. The number of piperidine rings is 1. The quantitative estimate of drug-likeness (QED) is 0.540. The van der Waals surface area contributed by atoms with Crippen LogP contribution in [0.4, 0.5) is 0 Å². The Morgan fingerprint density at radius 2 is 1.94 bits per heavy atom. The van der Waals surface area contributed by atoms with Crippen molar-refractivity contribution >= 4 is 22.7 Å². The van der Waals surface area contributed by atoms with Crippen molar-refractivity contribution in [2.45, 2.75) is 45.3 Å². The van der Waals surface area contributed by atoms with Crippen LogP contribution in [-0.4, -0.2) is 46.1 Å². The highest BCUT2D eigenvalue weighted by Gasteiger charge is 2.29. The number of likely N-dealkylation sites (tertiary alicyclic amines) is 1. The largest absolute Gasteiger partial charge is 0.489 e. The molecule has 1 saturated heterocycles. The second-order valence-electron chi connectivity index (χ2n) is 8.36. The summed E-state index contributed by atoms with van der Waals surface area (Å²) in [5.74, 6) is 0.353. The fraction of sp³-hybridized carbons (Fsp3) is 0.346. The molecule has 2 aromatic carbocycles. The third-order valence-corrected chi connectivity index (χ3v) is 6.01. The summed E-state index contributed by atoms with van der Waals surface area (Å²) < 4.78 is 6.01. The Hall–Kier alpha value is -3.45. The number of para-hydroxylation sites is 1. The lowest BCUT2D eigenvalue weighted by Crippen LogP contribution is -2.46. The molecular formula is C26H29N3O4. The lowest BCUT2D eigenvalue weighted by atomic mass is 9.98. The Balaban J connectivity index is 1.42. The van der Waals surface area contributed by atoms with Crippen LogP contribution in [0.3, 0.4) is 0 Å². The second kappa shape index (κ2) is 10.4. The number of benzene rings is 2. The van der Waals surface area contributed by atoms with Gasteiger partial charge in [-0.25, -0.2) is 0 Å². The highest BCUT2D eigenvalue weighted by molar-refractivity contribution is 5.95. The molecule has 0 bridgehead atoms. The van der Waals surface area contributed by atoms with Crippen molar-refractivity contribution < 1.29 is 19.4 Å². The number of fused-ring (bicyclic) bond motifs is 1. The molecule has 1 aliphatic heterocycles. The summed E-state index contributed by atoms with van der Waals surface area (Å²) in [6.45, 7) is 2.61. The van der Waals surface area contributed by atoms with Gasteiger partial charge in [0.2, 0.25) is 5.91 Å². The second-order valence-corrected chi connectivity index (χ2v) is 8.36. The van der Waals surface area contributed by atoms with Crippen molar-refractivity contribution in [1.29, 1.82) is 0 Å². The van der Waals surface area contributed by atoms with Gasteiger partial charge in [0, 0.05) is 41.2 Å².